The lowest BCUT2D eigenvalue weighted by Crippen LogP contribution is -2.24. The Morgan fingerprint density at radius 3 is 3.18 bits per heavy atom. The minimum absolute atomic E-state index is 0.0532. The van der Waals surface area contributed by atoms with Gasteiger partial charge in [-0.05, 0) is 12.5 Å². The van der Waals surface area contributed by atoms with Gasteiger partial charge in [0.2, 0.25) is 5.91 Å². The zero-order valence-corrected chi connectivity index (χ0v) is 10.3. The number of nitrogens with zero attached hydrogens (tertiary/aromatic N) is 1. The molecule has 1 N–H and O–H groups in total. The van der Waals surface area contributed by atoms with Crippen molar-refractivity contribution in [3.63, 3.8) is 0 Å². The lowest BCUT2D eigenvalue weighted by atomic mass is 10.1. The third-order valence-electron chi connectivity index (χ3n) is 2.56. The molecule has 2 aromatic rings. The summed E-state index contributed by atoms with van der Waals surface area (Å²) in [5, 5.41) is 4.14. The summed E-state index contributed by atoms with van der Waals surface area (Å²) in [5.41, 5.74) is 1.63. The van der Waals surface area contributed by atoms with Crippen molar-refractivity contribution < 1.29 is 9.21 Å². The second-order valence-electron chi connectivity index (χ2n) is 3.69. The van der Waals surface area contributed by atoms with E-state index in [1.54, 1.807) is 12.5 Å². The molecule has 2 heterocycles. The monoisotopic (exact) mass is 252 g/mol. The first-order valence-electron chi connectivity index (χ1n) is 5.49. The molecule has 17 heavy (non-hydrogen) atoms. The van der Waals surface area contributed by atoms with E-state index < -0.39 is 0 Å². The number of amides is 1. The van der Waals surface area contributed by atoms with Gasteiger partial charge in [-0.25, -0.2) is 4.98 Å². The molecule has 90 valence electrons. The van der Waals surface area contributed by atoms with Crippen molar-refractivity contribution in [1.82, 2.24) is 10.3 Å². The number of nitrogens with one attached hydrogen (secondary N) is 1. The highest BCUT2D eigenvalue weighted by atomic mass is 35.5. The number of carbonyl (C=O) groups is 1. The molecule has 5 heteroatoms. The Kier molecular flexibility index (Phi) is 3.64. The van der Waals surface area contributed by atoms with Crippen LogP contribution in [0.1, 0.15) is 18.9 Å². The Morgan fingerprint density at radius 1 is 1.59 bits per heavy atom. The summed E-state index contributed by atoms with van der Waals surface area (Å²) >= 11 is 5.90. The van der Waals surface area contributed by atoms with Crippen molar-refractivity contribution in [1.29, 1.82) is 0 Å². The van der Waals surface area contributed by atoms with Gasteiger partial charge in [0, 0.05) is 30.1 Å². The molecule has 0 bridgehead atoms. The summed E-state index contributed by atoms with van der Waals surface area (Å²) in [4.78, 5) is 15.0. The fraction of sp³-hybridized carbons (Fsp3) is 0.333. The number of hydrogen-bond acceptors (Lipinski definition) is 3. The number of aromatic nitrogens is 1. The molecule has 0 saturated heterocycles. The fourth-order valence-corrected chi connectivity index (χ4v) is 1.84. The molecule has 0 saturated carbocycles. The molecule has 0 spiro atoms. The van der Waals surface area contributed by atoms with Gasteiger partial charge < -0.3 is 9.73 Å². The smallest absolute Gasteiger partial charge is 0.219 e. The molecular formula is C12H13ClN2O2. The van der Waals surface area contributed by atoms with Gasteiger partial charge in [0.25, 0.3) is 0 Å². The number of furan rings is 1. The molecule has 0 aliphatic carbocycles. The second-order valence-corrected chi connectivity index (χ2v) is 4.05. The Balaban J connectivity index is 2.09. The molecule has 0 atom stereocenters. The van der Waals surface area contributed by atoms with Crippen LogP contribution in [0.15, 0.2) is 22.9 Å². The summed E-state index contributed by atoms with van der Waals surface area (Å²) in [5.74, 6) is 0.0532. The summed E-state index contributed by atoms with van der Waals surface area (Å²) in [7, 11) is 0. The van der Waals surface area contributed by atoms with Gasteiger partial charge in [-0.2, -0.15) is 0 Å². The molecule has 0 unspecified atom stereocenters. The molecule has 2 aromatic heterocycles. The number of halogens is 1. The van der Waals surface area contributed by atoms with E-state index >= 15 is 0 Å². The third kappa shape index (κ3) is 2.58. The van der Waals surface area contributed by atoms with Crippen molar-refractivity contribution in [2.24, 2.45) is 0 Å². The zero-order chi connectivity index (χ0) is 12.3. The van der Waals surface area contributed by atoms with Crippen LogP contribution >= 0.6 is 11.6 Å². The van der Waals surface area contributed by atoms with Crippen LogP contribution in [-0.4, -0.2) is 17.4 Å². The first kappa shape index (κ1) is 11.9. The highest BCUT2D eigenvalue weighted by Gasteiger charge is 2.09. The zero-order valence-electron chi connectivity index (χ0n) is 9.50. The molecular weight excluding hydrogens is 240 g/mol. The molecule has 0 aliphatic heterocycles. The van der Waals surface area contributed by atoms with E-state index in [4.69, 9.17) is 16.0 Å². The van der Waals surface area contributed by atoms with E-state index in [0.29, 0.717) is 23.7 Å². The fourth-order valence-electron chi connectivity index (χ4n) is 1.64. The van der Waals surface area contributed by atoms with Crippen LogP contribution in [0.25, 0.3) is 11.0 Å². The average molecular weight is 253 g/mol. The quantitative estimate of drug-likeness (QED) is 0.851. The van der Waals surface area contributed by atoms with Crippen LogP contribution in [0.4, 0.5) is 0 Å². The van der Waals surface area contributed by atoms with Gasteiger partial charge >= 0.3 is 0 Å². The second kappa shape index (κ2) is 5.19. The van der Waals surface area contributed by atoms with Crippen molar-refractivity contribution >= 4 is 28.5 Å². The van der Waals surface area contributed by atoms with Crippen LogP contribution in [0.3, 0.4) is 0 Å². The van der Waals surface area contributed by atoms with Gasteiger partial charge in [0.15, 0.2) is 10.7 Å². The molecule has 0 aromatic carbocycles. The standard InChI is InChI=1S/C12H13ClN2O2/c1-2-10(16)14-5-3-8-7-17-11-9(8)4-6-15-12(11)13/h4,6-7H,2-3,5H2,1H3,(H,14,16). The van der Waals surface area contributed by atoms with Crippen LogP contribution in [0, 0.1) is 0 Å². The van der Waals surface area contributed by atoms with Crippen LogP contribution in [-0.2, 0) is 11.2 Å². The molecule has 0 fully saturated rings. The van der Waals surface area contributed by atoms with Gasteiger partial charge in [0.05, 0.1) is 6.26 Å². The number of pyridine rings is 1. The van der Waals surface area contributed by atoms with Crippen molar-refractivity contribution in [2.75, 3.05) is 6.54 Å². The highest BCUT2D eigenvalue weighted by Crippen LogP contribution is 2.25. The van der Waals surface area contributed by atoms with Crippen molar-refractivity contribution in [3.05, 3.63) is 29.2 Å². The lowest BCUT2D eigenvalue weighted by molar-refractivity contribution is -0.120. The summed E-state index contributed by atoms with van der Waals surface area (Å²) in [6.07, 6.45) is 4.53. The van der Waals surface area contributed by atoms with Gasteiger partial charge in [0.1, 0.15) is 0 Å². The maximum Gasteiger partial charge on any atom is 0.219 e. The predicted molar refractivity (Wildman–Crippen MR) is 66.0 cm³/mol. The van der Waals surface area contributed by atoms with E-state index in [1.165, 1.54) is 0 Å². The number of carbonyl (C=O) groups excluding carboxylic acids is 1. The Bertz CT molecular complexity index is 536. The minimum Gasteiger partial charge on any atom is -0.461 e. The maximum atomic E-state index is 11.1. The van der Waals surface area contributed by atoms with E-state index in [0.717, 1.165) is 17.4 Å². The highest BCUT2D eigenvalue weighted by molar-refractivity contribution is 6.33. The maximum absolute atomic E-state index is 11.1. The number of rotatable bonds is 4. The summed E-state index contributed by atoms with van der Waals surface area (Å²) in [6.45, 7) is 2.43. The normalized spacial score (nSPS) is 10.7. The Labute approximate surface area is 104 Å². The molecule has 4 nitrogen and oxygen atoms in total. The Morgan fingerprint density at radius 2 is 2.41 bits per heavy atom. The van der Waals surface area contributed by atoms with Gasteiger partial charge in [-0.1, -0.05) is 18.5 Å². The summed E-state index contributed by atoms with van der Waals surface area (Å²) in [6, 6.07) is 1.86. The average Bonchev–Trinajstić information content (AvgIpc) is 2.74. The number of fused-ring (bicyclic) bond motifs is 1. The van der Waals surface area contributed by atoms with Crippen molar-refractivity contribution in [2.45, 2.75) is 19.8 Å². The summed E-state index contributed by atoms with van der Waals surface area (Å²) < 4.78 is 5.36. The molecule has 2 rings (SSSR count). The first-order chi connectivity index (χ1) is 8.22. The van der Waals surface area contributed by atoms with E-state index in [9.17, 15) is 4.79 Å². The van der Waals surface area contributed by atoms with E-state index in [-0.39, 0.29) is 5.91 Å². The van der Waals surface area contributed by atoms with Crippen LogP contribution in [0.2, 0.25) is 5.15 Å². The van der Waals surface area contributed by atoms with Crippen LogP contribution in [0.5, 0.6) is 0 Å². The van der Waals surface area contributed by atoms with Crippen molar-refractivity contribution in [3.8, 4) is 0 Å². The Hall–Kier alpha value is -1.55. The topological polar surface area (TPSA) is 55.1 Å². The SMILES string of the molecule is CCC(=O)NCCc1coc2c(Cl)nccc12. The van der Waals surface area contributed by atoms with Crippen LogP contribution < -0.4 is 5.32 Å². The lowest BCUT2D eigenvalue weighted by Gasteiger charge is -2.01. The van der Waals surface area contributed by atoms with Gasteiger partial charge in [-0.15, -0.1) is 0 Å². The first-order valence-corrected chi connectivity index (χ1v) is 5.87. The minimum atomic E-state index is 0.0532. The van der Waals surface area contributed by atoms with E-state index in [2.05, 4.69) is 10.3 Å². The van der Waals surface area contributed by atoms with Gasteiger partial charge in [-0.3, -0.25) is 4.79 Å². The van der Waals surface area contributed by atoms with E-state index in [1.807, 2.05) is 13.0 Å². The predicted octanol–water partition coefficient (Wildman–Crippen LogP) is 2.55. The third-order valence-corrected chi connectivity index (χ3v) is 2.83. The number of hydrogen-bond donors (Lipinski definition) is 1. The molecule has 0 aliphatic rings. The molecule has 1 amide bonds. The molecule has 0 radical (unpaired) electrons. The largest absolute Gasteiger partial charge is 0.461 e.